The largest absolute Gasteiger partial charge is 0.466 e. The van der Waals surface area contributed by atoms with E-state index in [1.54, 1.807) is 6.92 Å². The Labute approximate surface area is 102 Å². The minimum atomic E-state index is -3.29. The molecule has 0 aromatic carbocycles. The normalized spacial score (nSPS) is 11.8. The summed E-state index contributed by atoms with van der Waals surface area (Å²) >= 11 is 5.42. The quantitative estimate of drug-likeness (QED) is 0.485. The first-order valence-corrected chi connectivity index (χ1v) is 7.24. The molecule has 0 bridgehead atoms. The lowest BCUT2D eigenvalue weighted by Gasteiger charge is -2.16. The van der Waals surface area contributed by atoms with Gasteiger partial charge < -0.3 is 4.74 Å². The van der Waals surface area contributed by atoms with E-state index in [4.69, 9.17) is 16.3 Å². The van der Waals surface area contributed by atoms with Crippen LogP contribution in [-0.2, 0) is 19.6 Å². The van der Waals surface area contributed by atoms with Crippen LogP contribution in [0.4, 0.5) is 0 Å². The number of alkyl halides is 1. The predicted molar refractivity (Wildman–Crippen MR) is 63.0 cm³/mol. The zero-order valence-corrected chi connectivity index (χ0v) is 11.2. The number of carbonyl (C=O) groups is 1. The summed E-state index contributed by atoms with van der Waals surface area (Å²) in [7, 11) is -1.84. The Morgan fingerprint density at radius 3 is 2.56 bits per heavy atom. The molecule has 16 heavy (non-hydrogen) atoms. The van der Waals surface area contributed by atoms with E-state index in [1.807, 2.05) is 0 Å². The molecule has 0 unspecified atom stereocenters. The van der Waals surface area contributed by atoms with E-state index in [2.05, 4.69) is 0 Å². The van der Waals surface area contributed by atoms with E-state index < -0.39 is 10.0 Å². The van der Waals surface area contributed by atoms with Gasteiger partial charge >= 0.3 is 5.97 Å². The molecule has 0 spiro atoms. The number of ether oxygens (including phenoxy) is 1. The van der Waals surface area contributed by atoms with Gasteiger partial charge in [0, 0.05) is 19.5 Å². The summed E-state index contributed by atoms with van der Waals surface area (Å²) < 4.78 is 29.0. The van der Waals surface area contributed by atoms with Crippen molar-refractivity contribution < 1.29 is 17.9 Å². The van der Waals surface area contributed by atoms with E-state index in [-0.39, 0.29) is 24.7 Å². The number of hydrogen-bond acceptors (Lipinski definition) is 4. The minimum absolute atomic E-state index is 0.00975. The number of sulfonamides is 1. The summed E-state index contributed by atoms with van der Waals surface area (Å²) in [4.78, 5) is 11.0. The van der Waals surface area contributed by atoms with Crippen LogP contribution in [-0.4, -0.2) is 50.5 Å². The number of esters is 1. The van der Waals surface area contributed by atoms with Crippen molar-refractivity contribution in [2.24, 2.45) is 0 Å². The summed E-state index contributed by atoms with van der Waals surface area (Å²) in [6.07, 6.45) is 0.484. The minimum Gasteiger partial charge on any atom is -0.466 e. The van der Waals surface area contributed by atoms with Gasteiger partial charge in [0.2, 0.25) is 10.0 Å². The lowest BCUT2D eigenvalue weighted by atomic mass is 10.4. The average Bonchev–Trinajstić information content (AvgIpc) is 2.23. The lowest BCUT2D eigenvalue weighted by Crippen LogP contribution is -2.31. The van der Waals surface area contributed by atoms with Crippen molar-refractivity contribution in [3.05, 3.63) is 0 Å². The average molecular weight is 272 g/mol. The fraction of sp³-hybridized carbons (Fsp3) is 0.889. The van der Waals surface area contributed by atoms with Crippen LogP contribution in [0.3, 0.4) is 0 Å². The Kier molecular flexibility index (Phi) is 7.70. The van der Waals surface area contributed by atoms with Crippen LogP contribution in [0.15, 0.2) is 0 Å². The summed E-state index contributed by atoms with van der Waals surface area (Å²) in [6.45, 7) is 2.16. The lowest BCUT2D eigenvalue weighted by molar-refractivity contribution is -0.143. The number of nitrogens with zero attached hydrogens (tertiary/aromatic N) is 1. The van der Waals surface area contributed by atoms with Crippen molar-refractivity contribution in [1.82, 2.24) is 4.31 Å². The number of carbonyl (C=O) groups excluding carboxylic acids is 1. The molecule has 5 nitrogen and oxygen atoms in total. The van der Waals surface area contributed by atoms with Gasteiger partial charge in [-0.3, -0.25) is 4.79 Å². The molecule has 0 amide bonds. The summed E-state index contributed by atoms with van der Waals surface area (Å²) in [5.41, 5.74) is 0. The Morgan fingerprint density at radius 2 is 2.06 bits per heavy atom. The molecule has 0 rings (SSSR count). The molecule has 0 aromatic heterocycles. The van der Waals surface area contributed by atoms with Crippen LogP contribution in [0.2, 0.25) is 0 Å². The van der Waals surface area contributed by atoms with Crippen molar-refractivity contribution in [2.45, 2.75) is 19.8 Å². The van der Waals surface area contributed by atoms with Gasteiger partial charge in [0.15, 0.2) is 0 Å². The van der Waals surface area contributed by atoms with Crippen molar-refractivity contribution in [2.75, 3.05) is 31.8 Å². The van der Waals surface area contributed by atoms with Gasteiger partial charge in [0.05, 0.1) is 18.8 Å². The molecule has 0 atom stereocenters. The Balaban J connectivity index is 4.04. The van der Waals surface area contributed by atoms with E-state index in [0.29, 0.717) is 18.9 Å². The highest BCUT2D eigenvalue weighted by Gasteiger charge is 2.18. The molecule has 0 saturated carbocycles. The molecule has 0 N–H and O–H groups in total. The number of rotatable bonds is 8. The molecule has 0 aliphatic heterocycles. The summed E-state index contributed by atoms with van der Waals surface area (Å²) in [5.74, 6) is -0.0669. The molecule has 0 heterocycles. The maximum absolute atomic E-state index is 11.6. The van der Waals surface area contributed by atoms with E-state index >= 15 is 0 Å². The standard InChI is InChI=1S/C9H18ClNO4S/c1-3-15-9(12)5-7-11(2)16(13,14)8-4-6-10/h3-8H2,1-2H3. The van der Waals surface area contributed by atoms with Crippen molar-refractivity contribution in [1.29, 1.82) is 0 Å². The van der Waals surface area contributed by atoms with Crippen molar-refractivity contribution >= 4 is 27.6 Å². The van der Waals surface area contributed by atoms with Gasteiger partial charge in [-0.15, -0.1) is 11.6 Å². The van der Waals surface area contributed by atoms with E-state index in [0.717, 1.165) is 4.31 Å². The zero-order chi connectivity index (χ0) is 12.6. The highest BCUT2D eigenvalue weighted by molar-refractivity contribution is 7.89. The Hall–Kier alpha value is -0.330. The van der Waals surface area contributed by atoms with Gasteiger partial charge in [-0.2, -0.15) is 0 Å². The van der Waals surface area contributed by atoms with Gasteiger partial charge in [-0.1, -0.05) is 0 Å². The maximum Gasteiger partial charge on any atom is 0.307 e. The van der Waals surface area contributed by atoms with Gasteiger partial charge in [0.25, 0.3) is 0 Å². The van der Waals surface area contributed by atoms with E-state index in [1.165, 1.54) is 7.05 Å². The van der Waals surface area contributed by atoms with Crippen LogP contribution in [0.5, 0.6) is 0 Å². The van der Waals surface area contributed by atoms with Crippen LogP contribution >= 0.6 is 11.6 Å². The highest BCUT2D eigenvalue weighted by Crippen LogP contribution is 2.03. The second kappa shape index (κ2) is 7.86. The van der Waals surface area contributed by atoms with Gasteiger partial charge in [0.1, 0.15) is 0 Å². The smallest absolute Gasteiger partial charge is 0.307 e. The molecular formula is C9H18ClNO4S. The molecule has 0 aromatic rings. The third-order valence-electron chi connectivity index (χ3n) is 1.95. The summed E-state index contributed by atoms with van der Waals surface area (Å²) in [5, 5.41) is 0. The molecule has 96 valence electrons. The SMILES string of the molecule is CCOC(=O)CCN(C)S(=O)(=O)CCCCl. The second-order valence-electron chi connectivity index (χ2n) is 3.24. The van der Waals surface area contributed by atoms with Crippen LogP contribution in [0.1, 0.15) is 19.8 Å². The van der Waals surface area contributed by atoms with Gasteiger partial charge in [-0.05, 0) is 13.3 Å². The Morgan fingerprint density at radius 1 is 1.44 bits per heavy atom. The summed E-state index contributed by atoms with van der Waals surface area (Å²) in [6, 6.07) is 0. The third-order valence-corrected chi connectivity index (χ3v) is 4.15. The van der Waals surface area contributed by atoms with E-state index in [9.17, 15) is 13.2 Å². The second-order valence-corrected chi connectivity index (χ2v) is 5.81. The van der Waals surface area contributed by atoms with Crippen LogP contribution in [0.25, 0.3) is 0 Å². The fourth-order valence-electron chi connectivity index (χ4n) is 1.01. The van der Waals surface area contributed by atoms with Gasteiger partial charge in [-0.25, -0.2) is 12.7 Å². The number of halogens is 1. The molecule has 7 heteroatoms. The fourth-order valence-corrected chi connectivity index (χ4v) is 2.50. The first kappa shape index (κ1) is 15.7. The maximum atomic E-state index is 11.6. The zero-order valence-electron chi connectivity index (χ0n) is 9.61. The number of hydrogen-bond donors (Lipinski definition) is 0. The third kappa shape index (κ3) is 6.30. The Bertz CT molecular complexity index is 305. The predicted octanol–water partition coefficient (Wildman–Crippen LogP) is 0.830. The van der Waals surface area contributed by atoms with Crippen LogP contribution < -0.4 is 0 Å². The van der Waals surface area contributed by atoms with Crippen LogP contribution in [0, 0.1) is 0 Å². The molecular weight excluding hydrogens is 254 g/mol. The van der Waals surface area contributed by atoms with Crippen molar-refractivity contribution in [3.8, 4) is 0 Å². The molecule has 0 radical (unpaired) electrons. The monoisotopic (exact) mass is 271 g/mol. The molecule has 0 fully saturated rings. The highest BCUT2D eigenvalue weighted by atomic mass is 35.5. The first-order chi connectivity index (χ1) is 7.44. The molecule has 0 aliphatic carbocycles. The topological polar surface area (TPSA) is 63.7 Å². The molecule has 0 saturated heterocycles. The molecule has 0 aliphatic rings. The van der Waals surface area contributed by atoms with Crippen molar-refractivity contribution in [3.63, 3.8) is 0 Å². The first-order valence-electron chi connectivity index (χ1n) is 5.09.